The molecule has 0 aliphatic heterocycles. The van der Waals surface area contributed by atoms with Gasteiger partial charge in [0, 0.05) is 24.2 Å². The number of hydrogen-bond acceptors (Lipinski definition) is 3. The Labute approximate surface area is 170 Å². The number of carbonyl (C=O) groups excluding carboxylic acids is 2. The first-order chi connectivity index (χ1) is 14.2. The standard InChI is InChI=1S/C24H24N2O3/c1-29-22-10-6-5-9-19(22)15-16-25-23(27)20-11-13-21(14-12-20)24(28)26-17-18-7-3-2-4-8-18/h2-14H,15-17H2,1H3,(H,25,27)(H,26,28). The minimum atomic E-state index is -0.170. The van der Waals surface area contributed by atoms with Crippen LogP contribution in [0.2, 0.25) is 0 Å². The Kier molecular flexibility index (Phi) is 7.00. The fraction of sp³-hybridized carbons (Fsp3) is 0.167. The van der Waals surface area contributed by atoms with Crippen LogP contribution in [-0.2, 0) is 13.0 Å². The van der Waals surface area contributed by atoms with E-state index >= 15 is 0 Å². The first-order valence-corrected chi connectivity index (χ1v) is 9.49. The highest BCUT2D eigenvalue weighted by Crippen LogP contribution is 2.17. The molecular formula is C24H24N2O3. The van der Waals surface area contributed by atoms with E-state index in [0.717, 1.165) is 16.9 Å². The highest BCUT2D eigenvalue weighted by atomic mass is 16.5. The Bertz CT molecular complexity index is 953. The average molecular weight is 388 g/mol. The minimum absolute atomic E-state index is 0.169. The van der Waals surface area contributed by atoms with Crippen LogP contribution in [0.5, 0.6) is 5.75 Å². The van der Waals surface area contributed by atoms with Crippen molar-refractivity contribution in [2.75, 3.05) is 13.7 Å². The zero-order valence-electron chi connectivity index (χ0n) is 16.4. The van der Waals surface area contributed by atoms with E-state index in [1.807, 2.05) is 54.6 Å². The molecule has 5 heteroatoms. The van der Waals surface area contributed by atoms with Crippen molar-refractivity contribution >= 4 is 11.8 Å². The molecule has 2 amide bonds. The van der Waals surface area contributed by atoms with Gasteiger partial charge in [-0.15, -0.1) is 0 Å². The number of ether oxygens (including phenoxy) is 1. The topological polar surface area (TPSA) is 67.4 Å². The molecule has 29 heavy (non-hydrogen) atoms. The van der Waals surface area contributed by atoms with Gasteiger partial charge in [0.15, 0.2) is 0 Å². The van der Waals surface area contributed by atoms with Crippen molar-refractivity contribution in [2.24, 2.45) is 0 Å². The number of carbonyl (C=O) groups is 2. The molecule has 0 bridgehead atoms. The van der Waals surface area contributed by atoms with Crippen molar-refractivity contribution in [1.82, 2.24) is 10.6 Å². The van der Waals surface area contributed by atoms with Crippen LogP contribution in [0.4, 0.5) is 0 Å². The van der Waals surface area contributed by atoms with E-state index in [2.05, 4.69) is 10.6 Å². The molecular weight excluding hydrogens is 364 g/mol. The summed E-state index contributed by atoms with van der Waals surface area (Å²) in [4.78, 5) is 24.6. The third kappa shape index (κ3) is 5.69. The van der Waals surface area contributed by atoms with E-state index in [9.17, 15) is 9.59 Å². The quantitative estimate of drug-likeness (QED) is 0.620. The van der Waals surface area contributed by atoms with Crippen LogP contribution in [-0.4, -0.2) is 25.5 Å². The minimum Gasteiger partial charge on any atom is -0.496 e. The van der Waals surface area contributed by atoms with Crippen molar-refractivity contribution in [3.8, 4) is 5.75 Å². The summed E-state index contributed by atoms with van der Waals surface area (Å²) in [6.07, 6.45) is 0.676. The first-order valence-electron chi connectivity index (χ1n) is 9.49. The number of benzene rings is 3. The van der Waals surface area contributed by atoms with E-state index in [1.165, 1.54) is 0 Å². The lowest BCUT2D eigenvalue weighted by atomic mass is 10.1. The molecule has 0 spiro atoms. The van der Waals surface area contributed by atoms with Gasteiger partial charge in [-0.1, -0.05) is 48.5 Å². The van der Waals surface area contributed by atoms with Crippen LogP contribution in [0.3, 0.4) is 0 Å². The third-order valence-electron chi connectivity index (χ3n) is 4.58. The normalized spacial score (nSPS) is 10.2. The van der Waals surface area contributed by atoms with Gasteiger partial charge in [-0.05, 0) is 47.9 Å². The average Bonchev–Trinajstić information content (AvgIpc) is 2.78. The summed E-state index contributed by atoms with van der Waals surface area (Å²) in [6.45, 7) is 0.962. The molecule has 3 aromatic carbocycles. The third-order valence-corrected chi connectivity index (χ3v) is 4.58. The zero-order chi connectivity index (χ0) is 20.5. The summed E-state index contributed by atoms with van der Waals surface area (Å²) in [5.41, 5.74) is 3.11. The van der Waals surface area contributed by atoms with Crippen LogP contribution in [0, 0.1) is 0 Å². The van der Waals surface area contributed by atoms with Gasteiger partial charge in [0.05, 0.1) is 7.11 Å². The van der Waals surface area contributed by atoms with Gasteiger partial charge in [-0.2, -0.15) is 0 Å². The van der Waals surface area contributed by atoms with E-state index < -0.39 is 0 Å². The molecule has 0 saturated carbocycles. The number of amides is 2. The molecule has 5 nitrogen and oxygen atoms in total. The second kappa shape index (κ2) is 10.1. The van der Waals surface area contributed by atoms with Crippen molar-refractivity contribution in [3.63, 3.8) is 0 Å². The number of hydrogen-bond donors (Lipinski definition) is 2. The van der Waals surface area contributed by atoms with Gasteiger partial charge in [0.25, 0.3) is 11.8 Å². The smallest absolute Gasteiger partial charge is 0.251 e. The molecule has 2 N–H and O–H groups in total. The van der Waals surface area contributed by atoms with Crippen molar-refractivity contribution < 1.29 is 14.3 Å². The molecule has 0 aromatic heterocycles. The van der Waals surface area contributed by atoms with Gasteiger partial charge in [-0.25, -0.2) is 0 Å². The van der Waals surface area contributed by atoms with Gasteiger partial charge < -0.3 is 15.4 Å². The van der Waals surface area contributed by atoms with E-state index in [-0.39, 0.29) is 11.8 Å². The van der Waals surface area contributed by atoms with Crippen molar-refractivity contribution in [2.45, 2.75) is 13.0 Å². The molecule has 0 radical (unpaired) electrons. The van der Waals surface area contributed by atoms with Crippen LogP contribution < -0.4 is 15.4 Å². The molecule has 0 aliphatic carbocycles. The van der Waals surface area contributed by atoms with Gasteiger partial charge >= 0.3 is 0 Å². The summed E-state index contributed by atoms with van der Waals surface area (Å²) in [5, 5.41) is 5.77. The molecule has 3 rings (SSSR count). The lowest BCUT2D eigenvalue weighted by Gasteiger charge is -2.09. The van der Waals surface area contributed by atoms with E-state index in [1.54, 1.807) is 31.4 Å². The molecule has 0 aliphatic rings. The largest absolute Gasteiger partial charge is 0.496 e. The fourth-order valence-electron chi connectivity index (χ4n) is 2.98. The van der Waals surface area contributed by atoms with E-state index in [0.29, 0.717) is 30.6 Å². The van der Waals surface area contributed by atoms with Crippen LogP contribution in [0.15, 0.2) is 78.9 Å². The van der Waals surface area contributed by atoms with Crippen molar-refractivity contribution in [3.05, 3.63) is 101 Å². The summed E-state index contributed by atoms with van der Waals surface area (Å²) in [5.74, 6) is 0.473. The summed E-state index contributed by atoms with van der Waals surface area (Å²) < 4.78 is 5.32. The van der Waals surface area contributed by atoms with Gasteiger partial charge in [0.1, 0.15) is 5.75 Å². The fourth-order valence-corrected chi connectivity index (χ4v) is 2.98. The zero-order valence-corrected chi connectivity index (χ0v) is 16.4. The predicted octanol–water partition coefficient (Wildman–Crippen LogP) is 3.60. The molecule has 148 valence electrons. The van der Waals surface area contributed by atoms with E-state index in [4.69, 9.17) is 4.74 Å². The molecule has 0 saturated heterocycles. The first kappa shape index (κ1) is 20.1. The maximum Gasteiger partial charge on any atom is 0.251 e. The SMILES string of the molecule is COc1ccccc1CCNC(=O)c1ccc(C(=O)NCc2ccccc2)cc1. The molecule has 3 aromatic rings. The predicted molar refractivity (Wildman–Crippen MR) is 113 cm³/mol. The second-order valence-electron chi connectivity index (χ2n) is 6.56. The maximum atomic E-state index is 12.3. The monoisotopic (exact) mass is 388 g/mol. The summed E-state index contributed by atoms with van der Waals surface area (Å²) in [7, 11) is 1.63. The molecule has 0 unspecified atom stereocenters. The van der Waals surface area contributed by atoms with Crippen LogP contribution >= 0.6 is 0 Å². The number of methoxy groups -OCH3 is 1. The Hall–Kier alpha value is -3.60. The Morgan fingerprint density at radius 2 is 1.34 bits per heavy atom. The highest BCUT2D eigenvalue weighted by molar-refractivity contribution is 5.97. The van der Waals surface area contributed by atoms with Gasteiger partial charge in [-0.3, -0.25) is 9.59 Å². The van der Waals surface area contributed by atoms with Gasteiger partial charge in [0.2, 0.25) is 0 Å². The molecule has 0 atom stereocenters. The molecule has 0 heterocycles. The molecule has 0 fully saturated rings. The van der Waals surface area contributed by atoms with Crippen LogP contribution in [0.25, 0.3) is 0 Å². The second-order valence-corrected chi connectivity index (χ2v) is 6.56. The van der Waals surface area contributed by atoms with Crippen LogP contribution in [0.1, 0.15) is 31.8 Å². The number of rotatable bonds is 8. The summed E-state index contributed by atoms with van der Waals surface area (Å²) in [6, 6.07) is 24.1. The number of nitrogens with one attached hydrogen (secondary N) is 2. The Morgan fingerprint density at radius 1 is 0.759 bits per heavy atom. The Morgan fingerprint density at radius 3 is 2.00 bits per heavy atom. The lowest BCUT2D eigenvalue weighted by molar-refractivity contribution is 0.0940. The maximum absolute atomic E-state index is 12.3. The number of para-hydroxylation sites is 1. The summed E-state index contributed by atoms with van der Waals surface area (Å²) >= 11 is 0. The highest BCUT2D eigenvalue weighted by Gasteiger charge is 2.09. The Balaban J connectivity index is 1.50. The van der Waals surface area contributed by atoms with Crippen molar-refractivity contribution in [1.29, 1.82) is 0 Å². The lowest BCUT2D eigenvalue weighted by Crippen LogP contribution is -2.26.